The van der Waals surface area contributed by atoms with Gasteiger partial charge in [-0.15, -0.1) is 11.3 Å². The van der Waals surface area contributed by atoms with Crippen LogP contribution in [0.4, 0.5) is 0 Å². The van der Waals surface area contributed by atoms with Gasteiger partial charge in [0, 0.05) is 30.7 Å². The standard InChI is InChI=1S/C14H18N4S/c1-2-13-15-6-5-11(17-13)10-18-8-3-4-12(18)14-16-7-9-19-14/h5-7,9,12H,2-4,8,10H2,1H3/t12-/m1/s1. The molecule has 5 heteroatoms. The van der Waals surface area contributed by atoms with Crippen LogP contribution in [0, 0.1) is 0 Å². The highest BCUT2D eigenvalue weighted by Crippen LogP contribution is 2.33. The molecule has 0 aromatic carbocycles. The van der Waals surface area contributed by atoms with Crippen molar-refractivity contribution >= 4 is 11.3 Å². The summed E-state index contributed by atoms with van der Waals surface area (Å²) < 4.78 is 0. The van der Waals surface area contributed by atoms with E-state index in [0.29, 0.717) is 6.04 Å². The van der Waals surface area contributed by atoms with E-state index in [4.69, 9.17) is 0 Å². The van der Waals surface area contributed by atoms with Crippen LogP contribution in [0.25, 0.3) is 0 Å². The summed E-state index contributed by atoms with van der Waals surface area (Å²) in [6.07, 6.45) is 7.12. The van der Waals surface area contributed by atoms with E-state index in [9.17, 15) is 0 Å². The minimum Gasteiger partial charge on any atom is -0.288 e. The molecule has 1 fully saturated rings. The molecule has 1 aliphatic heterocycles. The molecule has 0 saturated carbocycles. The molecule has 0 N–H and O–H groups in total. The molecule has 3 rings (SSSR count). The third-order valence-electron chi connectivity index (χ3n) is 3.54. The predicted octanol–water partition coefficient (Wildman–Crippen LogP) is 2.83. The highest BCUT2D eigenvalue weighted by atomic mass is 32.1. The Balaban J connectivity index is 1.74. The first-order valence-electron chi connectivity index (χ1n) is 6.81. The second kappa shape index (κ2) is 5.75. The van der Waals surface area contributed by atoms with Gasteiger partial charge in [0.15, 0.2) is 0 Å². The van der Waals surface area contributed by atoms with Gasteiger partial charge in [0.25, 0.3) is 0 Å². The Morgan fingerprint density at radius 1 is 1.37 bits per heavy atom. The molecule has 1 saturated heterocycles. The van der Waals surface area contributed by atoms with E-state index >= 15 is 0 Å². The van der Waals surface area contributed by atoms with Crippen LogP contribution in [0.3, 0.4) is 0 Å². The molecular formula is C14H18N4S. The minimum absolute atomic E-state index is 0.472. The normalized spacial score (nSPS) is 19.9. The maximum atomic E-state index is 4.60. The van der Waals surface area contributed by atoms with E-state index in [1.54, 1.807) is 11.3 Å². The van der Waals surface area contributed by atoms with Crippen molar-refractivity contribution in [3.8, 4) is 0 Å². The van der Waals surface area contributed by atoms with Crippen LogP contribution < -0.4 is 0 Å². The third-order valence-corrected chi connectivity index (χ3v) is 4.42. The summed E-state index contributed by atoms with van der Waals surface area (Å²) in [6.45, 7) is 4.13. The van der Waals surface area contributed by atoms with Gasteiger partial charge in [-0.25, -0.2) is 15.0 Å². The highest BCUT2D eigenvalue weighted by Gasteiger charge is 2.27. The van der Waals surface area contributed by atoms with Crippen LogP contribution in [0.2, 0.25) is 0 Å². The van der Waals surface area contributed by atoms with Gasteiger partial charge in [0.1, 0.15) is 10.8 Å². The molecule has 0 bridgehead atoms. The number of thiazole rings is 1. The molecule has 3 heterocycles. The van der Waals surface area contributed by atoms with Gasteiger partial charge in [0.2, 0.25) is 0 Å². The maximum absolute atomic E-state index is 4.60. The zero-order chi connectivity index (χ0) is 13.1. The van der Waals surface area contributed by atoms with Gasteiger partial charge in [-0.05, 0) is 25.5 Å². The second-order valence-electron chi connectivity index (χ2n) is 4.82. The fraction of sp³-hybridized carbons (Fsp3) is 0.500. The molecule has 0 radical (unpaired) electrons. The van der Waals surface area contributed by atoms with Crippen LogP contribution in [0.15, 0.2) is 23.8 Å². The summed E-state index contributed by atoms with van der Waals surface area (Å²) in [6, 6.07) is 2.50. The molecule has 19 heavy (non-hydrogen) atoms. The van der Waals surface area contributed by atoms with E-state index < -0.39 is 0 Å². The second-order valence-corrected chi connectivity index (χ2v) is 5.74. The molecule has 1 atom stereocenters. The lowest BCUT2D eigenvalue weighted by atomic mass is 10.2. The first kappa shape index (κ1) is 12.7. The summed E-state index contributed by atoms with van der Waals surface area (Å²) >= 11 is 1.76. The number of aryl methyl sites for hydroxylation is 1. The molecule has 1 aliphatic rings. The summed E-state index contributed by atoms with van der Waals surface area (Å²) in [7, 11) is 0. The van der Waals surface area contributed by atoms with Gasteiger partial charge in [0.05, 0.1) is 11.7 Å². The van der Waals surface area contributed by atoms with Crippen molar-refractivity contribution in [1.82, 2.24) is 19.9 Å². The lowest BCUT2D eigenvalue weighted by molar-refractivity contribution is 0.245. The van der Waals surface area contributed by atoms with E-state index in [0.717, 1.165) is 31.0 Å². The first-order chi connectivity index (χ1) is 9.36. The summed E-state index contributed by atoms with van der Waals surface area (Å²) in [5.74, 6) is 0.933. The van der Waals surface area contributed by atoms with Crippen molar-refractivity contribution in [1.29, 1.82) is 0 Å². The average Bonchev–Trinajstić information content (AvgIpc) is 3.09. The van der Waals surface area contributed by atoms with Crippen molar-refractivity contribution < 1.29 is 0 Å². The van der Waals surface area contributed by atoms with Crippen LogP contribution in [0.5, 0.6) is 0 Å². The molecule has 100 valence electrons. The smallest absolute Gasteiger partial charge is 0.128 e. The third kappa shape index (κ3) is 2.82. The Morgan fingerprint density at radius 2 is 2.32 bits per heavy atom. The highest BCUT2D eigenvalue weighted by molar-refractivity contribution is 7.09. The predicted molar refractivity (Wildman–Crippen MR) is 75.9 cm³/mol. The molecule has 4 nitrogen and oxygen atoms in total. The number of likely N-dealkylation sites (tertiary alicyclic amines) is 1. The van der Waals surface area contributed by atoms with Gasteiger partial charge in [-0.3, -0.25) is 4.90 Å². The largest absolute Gasteiger partial charge is 0.288 e. The molecule has 2 aromatic rings. The van der Waals surface area contributed by atoms with E-state index in [2.05, 4.69) is 32.2 Å². The van der Waals surface area contributed by atoms with Crippen molar-refractivity contribution in [3.63, 3.8) is 0 Å². The Bertz CT molecular complexity index is 526. The molecule has 0 spiro atoms. The van der Waals surface area contributed by atoms with Crippen LogP contribution in [-0.2, 0) is 13.0 Å². The molecule has 0 aliphatic carbocycles. The number of aromatic nitrogens is 3. The van der Waals surface area contributed by atoms with Gasteiger partial charge in [-0.1, -0.05) is 6.92 Å². The van der Waals surface area contributed by atoms with Gasteiger partial charge in [-0.2, -0.15) is 0 Å². The maximum Gasteiger partial charge on any atom is 0.128 e. The fourth-order valence-corrected chi connectivity index (χ4v) is 3.41. The van der Waals surface area contributed by atoms with Crippen LogP contribution >= 0.6 is 11.3 Å². The Morgan fingerprint density at radius 3 is 3.11 bits per heavy atom. The quantitative estimate of drug-likeness (QED) is 0.859. The minimum atomic E-state index is 0.472. The molecule has 0 unspecified atom stereocenters. The van der Waals surface area contributed by atoms with E-state index in [1.807, 2.05) is 18.5 Å². The van der Waals surface area contributed by atoms with Crippen LogP contribution in [0.1, 0.15) is 42.3 Å². The van der Waals surface area contributed by atoms with Crippen molar-refractivity contribution in [2.45, 2.75) is 38.8 Å². The summed E-state index contributed by atoms with van der Waals surface area (Å²) in [4.78, 5) is 15.8. The van der Waals surface area contributed by atoms with Crippen LogP contribution in [-0.4, -0.2) is 26.4 Å². The fourth-order valence-electron chi connectivity index (χ4n) is 2.60. The average molecular weight is 274 g/mol. The van der Waals surface area contributed by atoms with Gasteiger partial charge >= 0.3 is 0 Å². The lowest BCUT2D eigenvalue weighted by Crippen LogP contribution is -2.23. The zero-order valence-electron chi connectivity index (χ0n) is 11.1. The number of hydrogen-bond acceptors (Lipinski definition) is 5. The summed E-state index contributed by atoms with van der Waals surface area (Å²) in [5.41, 5.74) is 1.12. The molecule has 2 aromatic heterocycles. The monoisotopic (exact) mass is 274 g/mol. The Kier molecular flexibility index (Phi) is 3.84. The SMILES string of the molecule is CCc1nccc(CN2CCC[C@@H]2c2nccs2)n1. The molecule has 0 amide bonds. The van der Waals surface area contributed by atoms with Gasteiger partial charge < -0.3 is 0 Å². The van der Waals surface area contributed by atoms with Crippen molar-refractivity contribution in [2.24, 2.45) is 0 Å². The number of nitrogens with zero attached hydrogens (tertiary/aromatic N) is 4. The van der Waals surface area contributed by atoms with Crippen molar-refractivity contribution in [2.75, 3.05) is 6.54 Å². The summed E-state index contributed by atoms with van der Waals surface area (Å²) in [5, 5.41) is 3.30. The Hall–Kier alpha value is -1.33. The van der Waals surface area contributed by atoms with Crippen molar-refractivity contribution in [3.05, 3.63) is 40.4 Å². The van der Waals surface area contributed by atoms with E-state index in [-0.39, 0.29) is 0 Å². The number of hydrogen-bond donors (Lipinski definition) is 0. The Labute approximate surface area is 117 Å². The topological polar surface area (TPSA) is 41.9 Å². The molecular weight excluding hydrogens is 256 g/mol. The lowest BCUT2D eigenvalue weighted by Gasteiger charge is -2.22. The first-order valence-corrected chi connectivity index (χ1v) is 7.69. The zero-order valence-corrected chi connectivity index (χ0v) is 11.9. The van der Waals surface area contributed by atoms with E-state index in [1.165, 1.54) is 17.8 Å². The number of rotatable bonds is 4.